The van der Waals surface area contributed by atoms with Gasteiger partial charge in [0.25, 0.3) is 11.6 Å². The summed E-state index contributed by atoms with van der Waals surface area (Å²) in [5.74, 6) is 1.12. The average molecular weight is 368 g/mol. The molecule has 0 fully saturated rings. The molecular weight excluding hydrogens is 352 g/mol. The molecule has 138 valence electrons. The fourth-order valence-electron chi connectivity index (χ4n) is 2.45. The van der Waals surface area contributed by atoms with E-state index < -0.39 is 10.8 Å². The molecule has 3 aromatic rings. The predicted molar refractivity (Wildman–Crippen MR) is 98.3 cm³/mol. The van der Waals surface area contributed by atoms with E-state index in [9.17, 15) is 14.9 Å². The number of benzene rings is 2. The van der Waals surface area contributed by atoms with Crippen LogP contribution in [0.25, 0.3) is 11.3 Å². The Labute approximate surface area is 154 Å². The number of carbonyl (C=O) groups excluding carboxylic acids is 1. The number of anilines is 1. The van der Waals surface area contributed by atoms with Crippen LogP contribution >= 0.6 is 0 Å². The summed E-state index contributed by atoms with van der Waals surface area (Å²) in [7, 11) is 3.03. The van der Waals surface area contributed by atoms with Gasteiger partial charge in [-0.25, -0.2) is 0 Å². The molecule has 0 atom stereocenters. The number of carbonyl (C=O) groups is 1. The van der Waals surface area contributed by atoms with E-state index in [-0.39, 0.29) is 11.4 Å². The molecule has 27 heavy (non-hydrogen) atoms. The molecule has 0 aliphatic rings. The summed E-state index contributed by atoms with van der Waals surface area (Å²) >= 11 is 0. The normalized spacial score (nSPS) is 10.3. The summed E-state index contributed by atoms with van der Waals surface area (Å²) in [6, 6.07) is 14.0. The minimum absolute atomic E-state index is 0.0186. The third-order valence-electron chi connectivity index (χ3n) is 3.85. The molecule has 0 spiro atoms. The molecule has 0 radical (unpaired) electrons. The van der Waals surface area contributed by atoms with Crippen LogP contribution in [0.3, 0.4) is 0 Å². The van der Waals surface area contributed by atoms with Crippen LogP contribution in [-0.2, 0) is 0 Å². The van der Waals surface area contributed by atoms with Gasteiger partial charge >= 0.3 is 0 Å². The zero-order valence-corrected chi connectivity index (χ0v) is 14.6. The molecule has 1 N–H and O–H groups in total. The first kappa shape index (κ1) is 18.0. The SMILES string of the molecule is COc1ccc(NC(=O)c2ccc(-c3ccc([N+](=O)[O-])cc3)o2)c(OC)c1. The highest BCUT2D eigenvalue weighted by atomic mass is 16.6. The number of nitrogens with one attached hydrogen (secondary N) is 1. The Morgan fingerprint density at radius 2 is 1.78 bits per heavy atom. The van der Waals surface area contributed by atoms with Crippen LogP contribution in [0.15, 0.2) is 59.0 Å². The molecule has 3 rings (SSSR count). The minimum atomic E-state index is -0.479. The molecular formula is C19H16N2O6. The Bertz CT molecular complexity index is 978. The summed E-state index contributed by atoms with van der Waals surface area (Å²) in [5, 5.41) is 13.4. The van der Waals surface area contributed by atoms with Crippen LogP contribution in [-0.4, -0.2) is 25.1 Å². The van der Waals surface area contributed by atoms with E-state index in [0.29, 0.717) is 28.5 Å². The number of nitro groups is 1. The van der Waals surface area contributed by atoms with Gasteiger partial charge in [0.05, 0.1) is 24.8 Å². The fraction of sp³-hybridized carbons (Fsp3) is 0.105. The van der Waals surface area contributed by atoms with Crippen molar-refractivity contribution in [2.24, 2.45) is 0 Å². The van der Waals surface area contributed by atoms with Crippen molar-refractivity contribution in [3.8, 4) is 22.8 Å². The highest BCUT2D eigenvalue weighted by Crippen LogP contribution is 2.30. The van der Waals surface area contributed by atoms with Gasteiger partial charge in [-0.2, -0.15) is 0 Å². The number of nitro benzene ring substituents is 1. The third-order valence-corrected chi connectivity index (χ3v) is 3.85. The quantitative estimate of drug-likeness (QED) is 0.518. The number of hydrogen-bond donors (Lipinski definition) is 1. The molecule has 8 nitrogen and oxygen atoms in total. The second-order valence-electron chi connectivity index (χ2n) is 5.49. The highest BCUT2D eigenvalue weighted by molar-refractivity contribution is 6.03. The molecule has 0 aliphatic heterocycles. The first-order chi connectivity index (χ1) is 13.0. The number of furan rings is 1. The first-order valence-electron chi connectivity index (χ1n) is 7.90. The Morgan fingerprint density at radius 1 is 1.04 bits per heavy atom. The van der Waals surface area contributed by atoms with Gasteiger partial charge < -0.3 is 19.2 Å². The summed E-state index contributed by atoms with van der Waals surface area (Å²) in [6.45, 7) is 0. The molecule has 0 saturated heterocycles. The molecule has 8 heteroatoms. The number of hydrogen-bond acceptors (Lipinski definition) is 6. The van der Waals surface area contributed by atoms with E-state index in [4.69, 9.17) is 13.9 Å². The topological polar surface area (TPSA) is 104 Å². The van der Waals surface area contributed by atoms with E-state index in [2.05, 4.69) is 5.32 Å². The van der Waals surface area contributed by atoms with Crippen LogP contribution in [0.4, 0.5) is 11.4 Å². The fourth-order valence-corrected chi connectivity index (χ4v) is 2.45. The van der Waals surface area contributed by atoms with Crippen molar-refractivity contribution in [3.63, 3.8) is 0 Å². The van der Waals surface area contributed by atoms with Gasteiger partial charge in [-0.3, -0.25) is 14.9 Å². The van der Waals surface area contributed by atoms with Crippen molar-refractivity contribution in [2.45, 2.75) is 0 Å². The van der Waals surface area contributed by atoms with Crippen LogP contribution in [0.1, 0.15) is 10.6 Å². The molecule has 0 unspecified atom stereocenters. The molecule has 1 heterocycles. The van der Waals surface area contributed by atoms with Gasteiger partial charge in [0.1, 0.15) is 17.3 Å². The van der Waals surface area contributed by atoms with Crippen LogP contribution in [0, 0.1) is 10.1 Å². The number of rotatable bonds is 6. The van der Waals surface area contributed by atoms with Crippen molar-refractivity contribution in [1.82, 2.24) is 0 Å². The zero-order chi connectivity index (χ0) is 19.4. The lowest BCUT2D eigenvalue weighted by atomic mass is 10.1. The van der Waals surface area contributed by atoms with Gasteiger partial charge in [0, 0.05) is 23.8 Å². The Hall–Kier alpha value is -3.81. The summed E-state index contributed by atoms with van der Waals surface area (Å²) in [5.41, 5.74) is 1.08. The third kappa shape index (κ3) is 3.90. The predicted octanol–water partition coefficient (Wildman–Crippen LogP) is 4.12. The monoisotopic (exact) mass is 368 g/mol. The minimum Gasteiger partial charge on any atom is -0.497 e. The van der Waals surface area contributed by atoms with E-state index in [1.54, 1.807) is 36.4 Å². The maximum atomic E-state index is 12.4. The number of methoxy groups -OCH3 is 2. The lowest BCUT2D eigenvalue weighted by Gasteiger charge is -2.10. The Balaban J connectivity index is 1.78. The summed E-state index contributed by atoms with van der Waals surface area (Å²) in [6.07, 6.45) is 0. The smallest absolute Gasteiger partial charge is 0.291 e. The first-order valence-corrected chi connectivity index (χ1v) is 7.90. The average Bonchev–Trinajstić information content (AvgIpc) is 3.18. The Kier molecular flexibility index (Phi) is 5.07. The van der Waals surface area contributed by atoms with Crippen LogP contribution in [0.2, 0.25) is 0 Å². The Morgan fingerprint density at radius 3 is 2.41 bits per heavy atom. The van der Waals surface area contributed by atoms with E-state index in [0.717, 1.165) is 0 Å². The van der Waals surface area contributed by atoms with Crippen molar-refractivity contribution >= 4 is 17.3 Å². The maximum Gasteiger partial charge on any atom is 0.291 e. The van der Waals surface area contributed by atoms with Gasteiger partial charge in [-0.15, -0.1) is 0 Å². The molecule has 2 aromatic carbocycles. The number of ether oxygens (including phenoxy) is 2. The molecule has 0 aliphatic carbocycles. The molecule has 0 bridgehead atoms. The van der Waals surface area contributed by atoms with Gasteiger partial charge in [0.2, 0.25) is 0 Å². The van der Waals surface area contributed by atoms with Gasteiger partial charge in [0.15, 0.2) is 5.76 Å². The van der Waals surface area contributed by atoms with Crippen LogP contribution < -0.4 is 14.8 Å². The standard InChI is InChI=1S/C19H16N2O6/c1-25-14-7-8-15(18(11-14)26-2)20-19(22)17-10-9-16(27-17)12-3-5-13(6-4-12)21(23)24/h3-11H,1-2H3,(H,20,22). The number of non-ortho nitro benzene ring substituents is 1. The van der Waals surface area contributed by atoms with Crippen molar-refractivity contribution < 1.29 is 23.6 Å². The van der Waals surface area contributed by atoms with E-state index in [1.807, 2.05) is 0 Å². The van der Waals surface area contributed by atoms with Crippen LogP contribution in [0.5, 0.6) is 11.5 Å². The highest BCUT2D eigenvalue weighted by Gasteiger charge is 2.15. The van der Waals surface area contributed by atoms with E-state index >= 15 is 0 Å². The van der Waals surface area contributed by atoms with E-state index in [1.165, 1.54) is 32.4 Å². The maximum absolute atomic E-state index is 12.4. The molecule has 1 amide bonds. The van der Waals surface area contributed by atoms with Crippen molar-refractivity contribution in [1.29, 1.82) is 0 Å². The van der Waals surface area contributed by atoms with Crippen molar-refractivity contribution in [2.75, 3.05) is 19.5 Å². The lowest BCUT2D eigenvalue weighted by Crippen LogP contribution is -2.11. The largest absolute Gasteiger partial charge is 0.497 e. The zero-order valence-electron chi connectivity index (χ0n) is 14.6. The second kappa shape index (κ2) is 7.61. The number of amides is 1. The summed E-state index contributed by atoms with van der Waals surface area (Å²) < 4.78 is 15.9. The lowest BCUT2D eigenvalue weighted by molar-refractivity contribution is -0.384. The van der Waals surface area contributed by atoms with Gasteiger partial charge in [-0.05, 0) is 36.4 Å². The molecule has 1 aromatic heterocycles. The van der Waals surface area contributed by atoms with Crippen molar-refractivity contribution in [3.05, 3.63) is 70.5 Å². The summed E-state index contributed by atoms with van der Waals surface area (Å²) in [4.78, 5) is 22.7. The molecule has 0 saturated carbocycles. The second-order valence-corrected chi connectivity index (χ2v) is 5.49. The van der Waals surface area contributed by atoms with Gasteiger partial charge in [-0.1, -0.05) is 0 Å². The number of nitrogens with zero attached hydrogens (tertiary/aromatic N) is 1.